The van der Waals surface area contributed by atoms with Crippen LogP contribution in [0.15, 0.2) is 24.4 Å². The topological polar surface area (TPSA) is 42.1 Å². The van der Waals surface area contributed by atoms with Crippen LogP contribution in [0, 0.1) is 0 Å². The van der Waals surface area contributed by atoms with Crippen LogP contribution < -0.4 is 4.74 Å². The Morgan fingerprint density at radius 3 is 2.89 bits per heavy atom. The van der Waals surface area contributed by atoms with Gasteiger partial charge in [0.2, 0.25) is 0 Å². The van der Waals surface area contributed by atoms with Gasteiger partial charge in [0.1, 0.15) is 12.0 Å². The summed E-state index contributed by atoms with van der Waals surface area (Å²) >= 11 is 3.74. The van der Waals surface area contributed by atoms with Crippen molar-refractivity contribution in [2.45, 2.75) is 10.5 Å². The first-order valence-corrected chi connectivity index (χ1v) is 8.13. The number of carbonyl (C=O) groups is 1. The predicted octanol–water partition coefficient (Wildman–Crippen LogP) is 3.40. The maximum atomic E-state index is 11.1. The van der Waals surface area contributed by atoms with Crippen molar-refractivity contribution >= 4 is 40.7 Å². The molecular weight excluding hydrogens is 278 g/mol. The first-order valence-electron chi connectivity index (χ1n) is 6.16. The Balaban J connectivity index is 2.14. The number of hydrogen-bond donors (Lipinski definition) is 1. The standard InChI is InChI=1S/C14H15NO2S2/c1-17-10-2-3-13-11(8-10)12(9-15-13)14(4-5-16)18-6-7-19-14/h2-3,5,8-9,15H,4,6-7H2,1H3. The van der Waals surface area contributed by atoms with Crippen LogP contribution in [0.1, 0.15) is 12.0 Å². The molecular formula is C14H15NO2S2. The second-order valence-corrected chi connectivity index (χ2v) is 7.48. The SMILES string of the molecule is COc1ccc2[nH]cc(C3(CC=O)SCCS3)c2c1. The number of rotatable bonds is 4. The highest BCUT2D eigenvalue weighted by atomic mass is 32.2. The van der Waals surface area contributed by atoms with Gasteiger partial charge < -0.3 is 14.5 Å². The summed E-state index contributed by atoms with van der Waals surface area (Å²) in [6.45, 7) is 0. The van der Waals surface area contributed by atoms with Crippen LogP contribution in [-0.4, -0.2) is 29.9 Å². The maximum Gasteiger partial charge on any atom is 0.122 e. The molecule has 0 aliphatic carbocycles. The van der Waals surface area contributed by atoms with Crippen molar-refractivity contribution in [3.8, 4) is 5.75 Å². The minimum atomic E-state index is -0.133. The number of nitrogens with one attached hydrogen (secondary N) is 1. The van der Waals surface area contributed by atoms with Gasteiger partial charge in [-0.2, -0.15) is 0 Å². The molecule has 1 aromatic heterocycles. The van der Waals surface area contributed by atoms with Gasteiger partial charge in [-0.1, -0.05) is 0 Å². The summed E-state index contributed by atoms with van der Waals surface area (Å²) in [5.74, 6) is 3.03. The molecule has 0 unspecified atom stereocenters. The van der Waals surface area contributed by atoms with Crippen molar-refractivity contribution in [2.24, 2.45) is 0 Å². The maximum absolute atomic E-state index is 11.1. The number of thioether (sulfide) groups is 2. The number of fused-ring (bicyclic) bond motifs is 1. The molecule has 1 N–H and O–H groups in total. The number of carbonyl (C=O) groups excluding carboxylic acids is 1. The van der Waals surface area contributed by atoms with Gasteiger partial charge in [0.05, 0.1) is 11.2 Å². The number of H-pyrrole nitrogens is 1. The summed E-state index contributed by atoms with van der Waals surface area (Å²) in [6.07, 6.45) is 3.62. The van der Waals surface area contributed by atoms with Crippen LogP contribution in [0.3, 0.4) is 0 Å². The number of hydrogen-bond acceptors (Lipinski definition) is 4. The second kappa shape index (κ2) is 5.13. The van der Waals surface area contributed by atoms with Gasteiger partial charge in [0, 0.05) is 40.6 Å². The van der Waals surface area contributed by atoms with Gasteiger partial charge in [-0.05, 0) is 18.2 Å². The number of aromatic nitrogens is 1. The third kappa shape index (κ3) is 2.15. The summed E-state index contributed by atoms with van der Waals surface area (Å²) in [4.78, 5) is 14.4. The molecule has 1 fully saturated rings. The quantitative estimate of drug-likeness (QED) is 0.877. The lowest BCUT2D eigenvalue weighted by Gasteiger charge is -2.24. The third-order valence-corrected chi connectivity index (χ3v) is 6.89. The summed E-state index contributed by atoms with van der Waals surface area (Å²) in [5.41, 5.74) is 2.30. The Morgan fingerprint density at radius 2 is 2.21 bits per heavy atom. The zero-order valence-electron chi connectivity index (χ0n) is 10.6. The van der Waals surface area contributed by atoms with Crippen molar-refractivity contribution in [2.75, 3.05) is 18.6 Å². The summed E-state index contributed by atoms with van der Waals surface area (Å²) in [7, 11) is 1.67. The number of methoxy groups -OCH3 is 1. The van der Waals surface area contributed by atoms with Gasteiger partial charge >= 0.3 is 0 Å². The zero-order valence-corrected chi connectivity index (χ0v) is 12.3. The molecule has 1 aromatic carbocycles. The lowest BCUT2D eigenvalue weighted by Crippen LogP contribution is -2.14. The van der Waals surface area contributed by atoms with E-state index in [9.17, 15) is 4.79 Å². The van der Waals surface area contributed by atoms with Gasteiger partial charge in [-0.15, -0.1) is 23.5 Å². The summed E-state index contributed by atoms with van der Waals surface area (Å²) in [6, 6.07) is 6.02. The van der Waals surface area contributed by atoms with E-state index in [1.54, 1.807) is 7.11 Å². The molecule has 0 spiro atoms. The minimum absolute atomic E-state index is 0.133. The summed E-state index contributed by atoms with van der Waals surface area (Å²) in [5, 5.41) is 1.16. The average molecular weight is 293 g/mol. The van der Waals surface area contributed by atoms with Crippen molar-refractivity contribution in [1.82, 2.24) is 4.98 Å². The molecule has 3 rings (SSSR count). The van der Waals surface area contributed by atoms with E-state index < -0.39 is 0 Å². The number of aldehydes is 1. The lowest BCUT2D eigenvalue weighted by atomic mass is 10.1. The average Bonchev–Trinajstić information content (AvgIpc) is 3.05. The van der Waals surface area contributed by atoms with Crippen molar-refractivity contribution in [3.05, 3.63) is 30.0 Å². The summed E-state index contributed by atoms with van der Waals surface area (Å²) < 4.78 is 5.17. The molecule has 0 radical (unpaired) electrons. The lowest BCUT2D eigenvalue weighted by molar-refractivity contribution is -0.108. The number of benzene rings is 1. The molecule has 1 aliphatic rings. The normalized spacial score (nSPS) is 17.7. The van der Waals surface area contributed by atoms with Crippen LogP contribution in [0.5, 0.6) is 5.75 Å². The Hall–Kier alpha value is -1.07. The Labute approximate surface area is 120 Å². The van der Waals surface area contributed by atoms with Crippen molar-refractivity contribution < 1.29 is 9.53 Å². The molecule has 19 heavy (non-hydrogen) atoms. The van der Waals surface area contributed by atoms with E-state index in [1.165, 1.54) is 5.56 Å². The number of ether oxygens (including phenoxy) is 1. The molecule has 1 aliphatic heterocycles. The molecule has 1 saturated heterocycles. The van der Waals surface area contributed by atoms with Gasteiger partial charge in [0.25, 0.3) is 0 Å². The highest BCUT2D eigenvalue weighted by Gasteiger charge is 2.39. The van der Waals surface area contributed by atoms with E-state index in [0.717, 1.165) is 34.4 Å². The highest BCUT2D eigenvalue weighted by Crippen LogP contribution is 2.55. The highest BCUT2D eigenvalue weighted by molar-refractivity contribution is 8.20. The smallest absolute Gasteiger partial charge is 0.122 e. The molecule has 0 atom stereocenters. The van der Waals surface area contributed by atoms with E-state index in [2.05, 4.69) is 4.98 Å². The van der Waals surface area contributed by atoms with Gasteiger partial charge in [0.15, 0.2) is 0 Å². The van der Waals surface area contributed by atoms with E-state index in [4.69, 9.17) is 4.74 Å². The Kier molecular flexibility index (Phi) is 3.50. The van der Waals surface area contributed by atoms with Gasteiger partial charge in [-0.25, -0.2) is 0 Å². The van der Waals surface area contributed by atoms with E-state index in [0.29, 0.717) is 6.42 Å². The molecule has 2 heterocycles. The molecule has 3 nitrogen and oxygen atoms in total. The molecule has 0 bridgehead atoms. The third-order valence-electron chi connectivity index (χ3n) is 3.41. The minimum Gasteiger partial charge on any atom is -0.497 e. The fourth-order valence-electron chi connectivity index (χ4n) is 2.49. The number of aromatic amines is 1. The zero-order chi connectivity index (χ0) is 13.3. The van der Waals surface area contributed by atoms with Crippen LogP contribution in [0.25, 0.3) is 10.9 Å². The fourth-order valence-corrected chi connectivity index (χ4v) is 5.67. The molecule has 0 amide bonds. The monoisotopic (exact) mass is 293 g/mol. The molecule has 100 valence electrons. The van der Waals surface area contributed by atoms with E-state index in [1.807, 2.05) is 47.9 Å². The van der Waals surface area contributed by atoms with E-state index >= 15 is 0 Å². The first kappa shape index (κ1) is 12.9. The fraction of sp³-hybridized carbons (Fsp3) is 0.357. The van der Waals surface area contributed by atoms with Crippen LogP contribution in [-0.2, 0) is 8.87 Å². The van der Waals surface area contributed by atoms with Crippen LogP contribution in [0.2, 0.25) is 0 Å². The van der Waals surface area contributed by atoms with Gasteiger partial charge in [-0.3, -0.25) is 0 Å². The van der Waals surface area contributed by atoms with Crippen LogP contribution in [0.4, 0.5) is 0 Å². The van der Waals surface area contributed by atoms with Crippen LogP contribution >= 0.6 is 23.5 Å². The molecule has 5 heteroatoms. The predicted molar refractivity (Wildman–Crippen MR) is 82.1 cm³/mol. The Morgan fingerprint density at radius 1 is 1.42 bits per heavy atom. The Bertz CT molecular complexity index is 603. The largest absolute Gasteiger partial charge is 0.497 e. The first-order chi connectivity index (χ1) is 9.29. The molecule has 0 saturated carbocycles. The second-order valence-electron chi connectivity index (χ2n) is 4.43. The van der Waals surface area contributed by atoms with Crippen molar-refractivity contribution in [3.63, 3.8) is 0 Å². The van der Waals surface area contributed by atoms with E-state index in [-0.39, 0.29) is 4.08 Å². The molecule has 2 aromatic rings. The van der Waals surface area contributed by atoms with Crippen molar-refractivity contribution in [1.29, 1.82) is 0 Å².